The van der Waals surface area contributed by atoms with Gasteiger partial charge in [0.25, 0.3) is 5.91 Å². The van der Waals surface area contributed by atoms with Crippen molar-refractivity contribution in [2.24, 2.45) is 5.92 Å². The Morgan fingerprint density at radius 1 is 1.33 bits per heavy atom. The molecule has 2 N–H and O–H groups in total. The van der Waals surface area contributed by atoms with Gasteiger partial charge < -0.3 is 10.4 Å². The van der Waals surface area contributed by atoms with Crippen molar-refractivity contribution in [1.29, 1.82) is 0 Å². The zero-order valence-electron chi connectivity index (χ0n) is 13.2. The van der Waals surface area contributed by atoms with Crippen LogP contribution < -0.4 is 5.32 Å². The van der Waals surface area contributed by atoms with Gasteiger partial charge in [-0.3, -0.25) is 4.79 Å². The number of hydrogen-bond donors (Lipinski definition) is 2. The maximum atomic E-state index is 12.1. The van der Waals surface area contributed by atoms with E-state index in [1.807, 2.05) is 19.1 Å². The number of amides is 1. The minimum absolute atomic E-state index is 0.0485. The smallest absolute Gasteiger partial charge is 0.251 e. The normalized spacial score (nSPS) is 10.1. The van der Waals surface area contributed by atoms with Gasteiger partial charge in [-0.25, -0.2) is 0 Å². The van der Waals surface area contributed by atoms with E-state index in [2.05, 4.69) is 31.0 Å². The Hall–Kier alpha value is -1.79. The first kappa shape index (κ1) is 17.3. The van der Waals surface area contributed by atoms with Crippen LogP contribution in [-0.2, 0) is 0 Å². The van der Waals surface area contributed by atoms with Gasteiger partial charge in [0.2, 0.25) is 0 Å². The summed E-state index contributed by atoms with van der Waals surface area (Å²) in [6, 6.07) is 5.62. The monoisotopic (exact) mass is 287 g/mol. The summed E-state index contributed by atoms with van der Waals surface area (Å²) in [5.74, 6) is 6.46. The number of carbonyl (C=O) groups excluding carboxylic acids is 1. The summed E-state index contributed by atoms with van der Waals surface area (Å²) in [5, 5.41) is 11.7. The van der Waals surface area contributed by atoms with Gasteiger partial charge in [-0.1, -0.05) is 25.7 Å². The number of carbonyl (C=O) groups is 1. The number of aliphatic hydroxyl groups excluding tert-OH is 1. The van der Waals surface area contributed by atoms with Crippen molar-refractivity contribution >= 4 is 5.91 Å². The first-order chi connectivity index (χ1) is 10.0. The molecule has 0 aliphatic carbocycles. The van der Waals surface area contributed by atoms with Crippen LogP contribution in [0.2, 0.25) is 0 Å². The summed E-state index contributed by atoms with van der Waals surface area (Å²) >= 11 is 0. The van der Waals surface area contributed by atoms with E-state index in [0.717, 1.165) is 24.0 Å². The Bertz CT molecular complexity index is 524. The molecule has 0 fully saturated rings. The van der Waals surface area contributed by atoms with Crippen molar-refractivity contribution in [1.82, 2.24) is 5.32 Å². The Labute approximate surface area is 127 Å². The molecule has 0 bridgehead atoms. The number of rotatable bonds is 6. The molecular weight excluding hydrogens is 262 g/mol. The van der Waals surface area contributed by atoms with Gasteiger partial charge >= 0.3 is 0 Å². The molecule has 0 aliphatic rings. The molecule has 3 nitrogen and oxygen atoms in total. The Kier molecular flexibility index (Phi) is 7.56. The lowest BCUT2D eigenvalue weighted by atomic mass is 10.1. The third-order valence-corrected chi connectivity index (χ3v) is 3.05. The maximum Gasteiger partial charge on any atom is 0.251 e. The average Bonchev–Trinajstić information content (AvgIpc) is 2.43. The van der Waals surface area contributed by atoms with Gasteiger partial charge in [0.1, 0.15) is 0 Å². The van der Waals surface area contributed by atoms with Crippen molar-refractivity contribution < 1.29 is 9.90 Å². The van der Waals surface area contributed by atoms with E-state index >= 15 is 0 Å². The molecule has 0 aromatic heterocycles. The Morgan fingerprint density at radius 3 is 2.76 bits per heavy atom. The summed E-state index contributed by atoms with van der Waals surface area (Å²) in [7, 11) is 0. The Balaban J connectivity index is 2.65. The molecule has 0 saturated heterocycles. The van der Waals surface area contributed by atoms with Crippen molar-refractivity contribution in [2.75, 3.05) is 13.2 Å². The lowest BCUT2D eigenvalue weighted by molar-refractivity contribution is 0.0952. The fourth-order valence-corrected chi connectivity index (χ4v) is 2.02. The van der Waals surface area contributed by atoms with E-state index in [1.54, 1.807) is 6.07 Å². The molecule has 1 rings (SSSR count). The van der Waals surface area contributed by atoms with Gasteiger partial charge in [0, 0.05) is 24.1 Å². The highest BCUT2D eigenvalue weighted by Gasteiger charge is 2.06. The zero-order valence-corrected chi connectivity index (χ0v) is 13.2. The second kappa shape index (κ2) is 9.20. The summed E-state index contributed by atoms with van der Waals surface area (Å²) in [5.41, 5.74) is 2.47. The summed E-state index contributed by atoms with van der Waals surface area (Å²) in [4.78, 5) is 12.1. The molecule has 21 heavy (non-hydrogen) atoms. The molecule has 0 aliphatic heterocycles. The van der Waals surface area contributed by atoms with E-state index < -0.39 is 0 Å². The molecule has 0 atom stereocenters. The van der Waals surface area contributed by atoms with E-state index in [4.69, 9.17) is 5.11 Å². The van der Waals surface area contributed by atoms with Crippen LogP contribution in [0.1, 0.15) is 54.6 Å². The third-order valence-electron chi connectivity index (χ3n) is 3.05. The lowest BCUT2D eigenvalue weighted by Crippen LogP contribution is -2.24. The minimum atomic E-state index is -0.0485. The summed E-state index contributed by atoms with van der Waals surface area (Å²) in [6.07, 6.45) is 2.56. The first-order valence-electron chi connectivity index (χ1n) is 7.52. The lowest BCUT2D eigenvalue weighted by Gasteiger charge is -2.08. The molecule has 0 heterocycles. The van der Waals surface area contributed by atoms with E-state index in [9.17, 15) is 4.79 Å². The summed E-state index contributed by atoms with van der Waals surface area (Å²) in [6.45, 7) is 7.07. The number of benzene rings is 1. The van der Waals surface area contributed by atoms with Crippen LogP contribution in [0.15, 0.2) is 18.2 Å². The molecule has 114 valence electrons. The van der Waals surface area contributed by atoms with Crippen LogP contribution in [0, 0.1) is 24.7 Å². The van der Waals surface area contributed by atoms with Crippen molar-refractivity contribution in [2.45, 2.75) is 40.0 Å². The predicted molar refractivity (Wildman–Crippen MR) is 86.2 cm³/mol. The van der Waals surface area contributed by atoms with Crippen molar-refractivity contribution in [3.05, 3.63) is 34.9 Å². The highest BCUT2D eigenvalue weighted by molar-refractivity contribution is 5.94. The van der Waals surface area contributed by atoms with Crippen molar-refractivity contribution in [3.63, 3.8) is 0 Å². The first-order valence-corrected chi connectivity index (χ1v) is 7.52. The SMILES string of the molecule is Cc1cc(C#CCCO)cc(C(=O)NCCCC(C)C)c1. The minimum Gasteiger partial charge on any atom is -0.395 e. The van der Waals surface area contributed by atoms with Crippen LogP contribution in [-0.4, -0.2) is 24.2 Å². The highest BCUT2D eigenvalue weighted by atomic mass is 16.2. The van der Waals surface area contributed by atoms with Crippen LogP contribution in [0.25, 0.3) is 0 Å². The maximum absolute atomic E-state index is 12.1. The fraction of sp³-hybridized carbons (Fsp3) is 0.500. The van der Waals surface area contributed by atoms with Crippen LogP contribution in [0.5, 0.6) is 0 Å². The number of nitrogens with one attached hydrogen (secondary N) is 1. The molecule has 0 unspecified atom stereocenters. The molecule has 0 spiro atoms. The average molecular weight is 287 g/mol. The van der Waals surface area contributed by atoms with Gasteiger partial charge in [-0.15, -0.1) is 0 Å². The number of aryl methyl sites for hydroxylation is 1. The van der Waals surface area contributed by atoms with E-state index in [1.165, 1.54) is 0 Å². The second-order valence-electron chi connectivity index (χ2n) is 5.66. The quantitative estimate of drug-likeness (QED) is 0.624. The van der Waals surface area contributed by atoms with E-state index in [-0.39, 0.29) is 12.5 Å². The third kappa shape index (κ3) is 6.97. The van der Waals surface area contributed by atoms with Gasteiger partial charge in [-0.2, -0.15) is 0 Å². The summed E-state index contributed by atoms with van der Waals surface area (Å²) < 4.78 is 0. The highest BCUT2D eigenvalue weighted by Crippen LogP contribution is 2.09. The van der Waals surface area contributed by atoms with Crippen LogP contribution >= 0.6 is 0 Å². The van der Waals surface area contributed by atoms with E-state index in [0.29, 0.717) is 24.4 Å². The molecule has 3 heteroatoms. The molecule has 1 aromatic rings. The van der Waals surface area contributed by atoms with Crippen molar-refractivity contribution in [3.8, 4) is 11.8 Å². The topological polar surface area (TPSA) is 49.3 Å². The second-order valence-corrected chi connectivity index (χ2v) is 5.66. The number of aliphatic hydroxyl groups is 1. The predicted octanol–water partition coefficient (Wildman–Crippen LogP) is 2.89. The molecule has 1 amide bonds. The molecular formula is C18H25NO2. The number of hydrogen-bond acceptors (Lipinski definition) is 2. The van der Waals surface area contributed by atoms with Crippen LogP contribution in [0.3, 0.4) is 0 Å². The molecule has 0 saturated carbocycles. The molecule has 0 radical (unpaired) electrons. The van der Waals surface area contributed by atoms with Gasteiger partial charge in [0.05, 0.1) is 6.61 Å². The molecule has 1 aromatic carbocycles. The van der Waals surface area contributed by atoms with Crippen LogP contribution in [0.4, 0.5) is 0 Å². The largest absolute Gasteiger partial charge is 0.395 e. The Morgan fingerprint density at radius 2 is 2.10 bits per heavy atom. The fourth-order valence-electron chi connectivity index (χ4n) is 2.02. The zero-order chi connectivity index (χ0) is 15.7. The van der Waals surface area contributed by atoms with Gasteiger partial charge in [-0.05, 0) is 49.4 Å². The standard InChI is InChI=1S/C18H25NO2/c1-14(2)7-6-9-19-18(21)17-12-15(3)11-16(13-17)8-4-5-10-20/h11-14,20H,5-7,9-10H2,1-3H3,(H,19,21). The van der Waals surface area contributed by atoms with Gasteiger partial charge in [0.15, 0.2) is 0 Å².